The minimum absolute atomic E-state index is 0.0168. The Kier molecular flexibility index (Phi) is 3.88. The van der Waals surface area contributed by atoms with Crippen molar-refractivity contribution >= 4 is 11.6 Å². The molecule has 0 saturated heterocycles. The van der Waals surface area contributed by atoms with E-state index in [4.69, 9.17) is 4.74 Å². The molecule has 114 valence electrons. The molecule has 0 N–H and O–H groups in total. The predicted octanol–water partition coefficient (Wildman–Crippen LogP) is 3.66. The van der Waals surface area contributed by atoms with Crippen LogP contribution < -0.4 is 9.64 Å². The van der Waals surface area contributed by atoms with E-state index in [9.17, 15) is 4.79 Å². The highest BCUT2D eigenvalue weighted by Crippen LogP contribution is 2.28. The number of carbonyl (C=O) groups is 1. The number of para-hydroxylation sites is 1. The SMILES string of the molecule is Cc1ccc(OC(C)C(=O)N2CCc3ccccc32)cc1C. The second-order valence-corrected chi connectivity index (χ2v) is 5.87. The summed E-state index contributed by atoms with van der Waals surface area (Å²) in [5, 5.41) is 0. The Morgan fingerprint density at radius 3 is 2.68 bits per heavy atom. The van der Waals surface area contributed by atoms with E-state index in [1.807, 2.05) is 55.1 Å². The number of ether oxygens (including phenoxy) is 1. The molecule has 0 bridgehead atoms. The lowest BCUT2D eigenvalue weighted by molar-refractivity contribution is -0.124. The van der Waals surface area contributed by atoms with Crippen LogP contribution in [0.1, 0.15) is 23.6 Å². The van der Waals surface area contributed by atoms with Crippen LogP contribution in [-0.2, 0) is 11.2 Å². The molecular weight excluding hydrogens is 274 g/mol. The van der Waals surface area contributed by atoms with Gasteiger partial charge in [-0.15, -0.1) is 0 Å². The lowest BCUT2D eigenvalue weighted by Crippen LogP contribution is -2.39. The number of hydrogen-bond acceptors (Lipinski definition) is 2. The maximum atomic E-state index is 12.7. The van der Waals surface area contributed by atoms with Crippen molar-refractivity contribution in [3.8, 4) is 5.75 Å². The average molecular weight is 295 g/mol. The van der Waals surface area contributed by atoms with Gasteiger partial charge in [-0.1, -0.05) is 24.3 Å². The molecular formula is C19H21NO2. The third kappa shape index (κ3) is 2.71. The van der Waals surface area contributed by atoms with Crippen molar-refractivity contribution in [1.29, 1.82) is 0 Å². The fourth-order valence-electron chi connectivity index (χ4n) is 2.83. The Morgan fingerprint density at radius 1 is 1.14 bits per heavy atom. The summed E-state index contributed by atoms with van der Waals surface area (Å²) in [5.41, 5.74) is 4.64. The van der Waals surface area contributed by atoms with Gasteiger partial charge in [0.2, 0.25) is 0 Å². The second-order valence-electron chi connectivity index (χ2n) is 5.87. The van der Waals surface area contributed by atoms with E-state index in [0.717, 1.165) is 24.4 Å². The summed E-state index contributed by atoms with van der Waals surface area (Å²) in [5.74, 6) is 0.764. The molecule has 1 heterocycles. The standard InChI is InChI=1S/C19H21NO2/c1-13-8-9-17(12-14(13)2)22-15(3)19(21)20-11-10-16-6-4-5-7-18(16)20/h4-9,12,15H,10-11H2,1-3H3. The monoisotopic (exact) mass is 295 g/mol. The van der Waals surface area contributed by atoms with E-state index in [0.29, 0.717) is 0 Å². The van der Waals surface area contributed by atoms with Crippen molar-refractivity contribution in [2.75, 3.05) is 11.4 Å². The summed E-state index contributed by atoms with van der Waals surface area (Å²) in [6.07, 6.45) is 0.423. The summed E-state index contributed by atoms with van der Waals surface area (Å²) >= 11 is 0. The van der Waals surface area contributed by atoms with Gasteiger partial charge in [-0.3, -0.25) is 4.79 Å². The number of benzene rings is 2. The molecule has 0 spiro atoms. The number of aryl methyl sites for hydroxylation is 2. The number of amides is 1. The van der Waals surface area contributed by atoms with Crippen molar-refractivity contribution in [2.45, 2.75) is 33.3 Å². The first kappa shape index (κ1) is 14.6. The molecule has 0 radical (unpaired) electrons. The Labute approximate surface area is 131 Å². The first-order valence-corrected chi connectivity index (χ1v) is 7.69. The first-order chi connectivity index (χ1) is 10.6. The topological polar surface area (TPSA) is 29.5 Å². The van der Waals surface area contributed by atoms with Gasteiger partial charge >= 0.3 is 0 Å². The van der Waals surface area contributed by atoms with Gasteiger partial charge < -0.3 is 9.64 Å². The zero-order valence-electron chi connectivity index (χ0n) is 13.3. The van der Waals surface area contributed by atoms with Gasteiger partial charge in [0.05, 0.1) is 0 Å². The van der Waals surface area contributed by atoms with E-state index in [2.05, 4.69) is 13.0 Å². The van der Waals surface area contributed by atoms with Crippen molar-refractivity contribution in [3.63, 3.8) is 0 Å². The van der Waals surface area contributed by atoms with Gasteiger partial charge in [-0.25, -0.2) is 0 Å². The summed E-state index contributed by atoms with van der Waals surface area (Å²) < 4.78 is 5.85. The zero-order chi connectivity index (χ0) is 15.7. The molecule has 0 aromatic heterocycles. The molecule has 1 aliphatic heterocycles. The summed E-state index contributed by atoms with van der Waals surface area (Å²) in [4.78, 5) is 14.5. The molecule has 1 aliphatic rings. The molecule has 1 atom stereocenters. The van der Waals surface area contributed by atoms with Crippen LogP contribution in [-0.4, -0.2) is 18.6 Å². The molecule has 1 unspecified atom stereocenters. The third-order valence-corrected chi connectivity index (χ3v) is 4.29. The summed E-state index contributed by atoms with van der Waals surface area (Å²) in [6, 6.07) is 14.0. The molecule has 0 saturated carbocycles. The molecule has 0 aliphatic carbocycles. The Balaban J connectivity index is 1.74. The number of anilines is 1. The molecule has 2 aromatic carbocycles. The van der Waals surface area contributed by atoms with Crippen molar-refractivity contribution in [2.24, 2.45) is 0 Å². The Morgan fingerprint density at radius 2 is 1.91 bits per heavy atom. The normalized spacial score (nSPS) is 14.6. The van der Waals surface area contributed by atoms with Crippen LogP contribution in [0.25, 0.3) is 0 Å². The molecule has 3 nitrogen and oxygen atoms in total. The van der Waals surface area contributed by atoms with E-state index in [1.54, 1.807) is 0 Å². The number of fused-ring (bicyclic) bond motifs is 1. The molecule has 22 heavy (non-hydrogen) atoms. The van der Waals surface area contributed by atoms with Crippen molar-refractivity contribution < 1.29 is 9.53 Å². The zero-order valence-corrected chi connectivity index (χ0v) is 13.3. The van der Waals surface area contributed by atoms with Crippen LogP contribution in [0, 0.1) is 13.8 Å². The maximum absolute atomic E-state index is 12.7. The molecule has 0 fully saturated rings. The number of nitrogens with zero attached hydrogens (tertiary/aromatic N) is 1. The van der Waals surface area contributed by atoms with Gasteiger partial charge in [0.1, 0.15) is 5.75 Å². The number of hydrogen-bond donors (Lipinski definition) is 0. The highest BCUT2D eigenvalue weighted by Gasteiger charge is 2.28. The van der Waals surface area contributed by atoms with Crippen molar-refractivity contribution in [3.05, 3.63) is 59.2 Å². The van der Waals surface area contributed by atoms with Crippen LogP contribution in [0.4, 0.5) is 5.69 Å². The average Bonchev–Trinajstić information content (AvgIpc) is 2.94. The fraction of sp³-hybridized carbons (Fsp3) is 0.316. The lowest BCUT2D eigenvalue weighted by atomic mass is 10.1. The first-order valence-electron chi connectivity index (χ1n) is 7.69. The van der Waals surface area contributed by atoms with E-state index in [-0.39, 0.29) is 5.91 Å². The highest BCUT2D eigenvalue weighted by atomic mass is 16.5. The number of carbonyl (C=O) groups excluding carboxylic acids is 1. The quantitative estimate of drug-likeness (QED) is 0.865. The van der Waals surface area contributed by atoms with Crippen molar-refractivity contribution in [1.82, 2.24) is 0 Å². The molecule has 1 amide bonds. The fourth-order valence-corrected chi connectivity index (χ4v) is 2.83. The summed E-state index contributed by atoms with van der Waals surface area (Å²) in [6.45, 7) is 6.66. The minimum atomic E-state index is -0.492. The highest BCUT2D eigenvalue weighted by molar-refractivity contribution is 5.98. The lowest BCUT2D eigenvalue weighted by Gasteiger charge is -2.22. The van der Waals surface area contributed by atoms with Gasteiger partial charge in [-0.05, 0) is 62.1 Å². The summed E-state index contributed by atoms with van der Waals surface area (Å²) in [7, 11) is 0. The Hall–Kier alpha value is -2.29. The van der Waals surface area contributed by atoms with Gasteiger partial charge in [0.15, 0.2) is 6.10 Å². The van der Waals surface area contributed by atoms with Crippen LogP contribution in [0.3, 0.4) is 0 Å². The van der Waals surface area contributed by atoms with Crippen LogP contribution in [0.5, 0.6) is 5.75 Å². The number of rotatable bonds is 3. The molecule has 3 rings (SSSR count). The van der Waals surface area contributed by atoms with Crippen LogP contribution in [0.2, 0.25) is 0 Å². The van der Waals surface area contributed by atoms with E-state index < -0.39 is 6.10 Å². The van der Waals surface area contributed by atoms with Gasteiger partial charge in [-0.2, -0.15) is 0 Å². The van der Waals surface area contributed by atoms with Crippen LogP contribution >= 0.6 is 0 Å². The predicted molar refractivity (Wildman–Crippen MR) is 88.5 cm³/mol. The second kappa shape index (κ2) is 5.84. The van der Waals surface area contributed by atoms with Gasteiger partial charge in [0, 0.05) is 12.2 Å². The molecule has 3 heteroatoms. The van der Waals surface area contributed by atoms with Crippen LogP contribution in [0.15, 0.2) is 42.5 Å². The Bertz CT molecular complexity index is 708. The molecule has 2 aromatic rings. The van der Waals surface area contributed by atoms with Gasteiger partial charge in [0.25, 0.3) is 5.91 Å². The van der Waals surface area contributed by atoms with E-state index >= 15 is 0 Å². The van der Waals surface area contributed by atoms with E-state index in [1.165, 1.54) is 16.7 Å². The smallest absolute Gasteiger partial charge is 0.267 e. The minimum Gasteiger partial charge on any atom is -0.481 e. The third-order valence-electron chi connectivity index (χ3n) is 4.29. The maximum Gasteiger partial charge on any atom is 0.267 e. The largest absolute Gasteiger partial charge is 0.481 e.